The Bertz CT molecular complexity index is 1780. The molecule has 5 heterocycles. The van der Waals surface area contributed by atoms with Gasteiger partial charge in [0.05, 0.1) is 22.3 Å². The van der Waals surface area contributed by atoms with Crippen LogP contribution in [0.5, 0.6) is 0 Å². The summed E-state index contributed by atoms with van der Waals surface area (Å²) in [6.45, 7) is 4.64. The number of alkyl halides is 3. The number of piperazine rings is 1. The fourth-order valence-electron chi connectivity index (χ4n) is 5.49. The SMILES string of the molecule is C=CC(=O)N1CCN(c2nc(=O)n3c4c(c(-c5cc(Cl)cs5)c(C(F)(F)F)cc24)SC[C@@H](c2ccncc2F)C3)CC1. The summed E-state index contributed by atoms with van der Waals surface area (Å²) in [4.78, 5) is 37.7. The molecule has 14 heteroatoms. The van der Waals surface area contributed by atoms with Gasteiger partial charge in [0.25, 0.3) is 0 Å². The van der Waals surface area contributed by atoms with Crippen LogP contribution in [0, 0.1) is 5.82 Å². The van der Waals surface area contributed by atoms with Crippen molar-refractivity contribution >= 4 is 57.3 Å². The van der Waals surface area contributed by atoms with Gasteiger partial charge in [-0.3, -0.25) is 14.3 Å². The Kier molecular flexibility index (Phi) is 7.52. The summed E-state index contributed by atoms with van der Waals surface area (Å²) in [5, 5.41) is 2.01. The average Bonchev–Trinajstić information content (AvgIpc) is 3.30. The van der Waals surface area contributed by atoms with E-state index in [0.717, 1.165) is 35.4 Å². The van der Waals surface area contributed by atoms with Crippen LogP contribution in [0.15, 0.2) is 58.3 Å². The summed E-state index contributed by atoms with van der Waals surface area (Å²) in [6.07, 6.45) is -1.01. The van der Waals surface area contributed by atoms with Crippen LogP contribution in [0.2, 0.25) is 5.02 Å². The van der Waals surface area contributed by atoms with E-state index in [4.69, 9.17) is 11.6 Å². The standard InChI is InChI=1S/C28H22ClF4N5O2S2/c1-2-22(39)36-5-7-37(8-6-36)26-18-10-19(28(31,32)33)23(21-9-16(29)14-41-21)25-24(18)38(27(40)35-26)12-15(13-42-25)17-3-4-34-11-20(17)30/h2-4,9-11,14-15H,1,5-8,12-13H2/t15-/m0/s1. The third-order valence-electron chi connectivity index (χ3n) is 7.46. The van der Waals surface area contributed by atoms with Gasteiger partial charge in [0.15, 0.2) is 0 Å². The first-order valence-corrected chi connectivity index (χ1v) is 15.1. The number of halogens is 5. The number of amides is 1. The largest absolute Gasteiger partial charge is 0.417 e. The number of aromatic nitrogens is 3. The van der Waals surface area contributed by atoms with Crippen LogP contribution >= 0.6 is 34.7 Å². The Labute approximate surface area is 250 Å². The second-order valence-corrected chi connectivity index (χ2v) is 12.3. The highest BCUT2D eigenvalue weighted by Crippen LogP contribution is 2.50. The molecule has 6 rings (SSSR count). The van der Waals surface area contributed by atoms with E-state index in [1.165, 1.54) is 29.0 Å². The number of thiophene rings is 1. The van der Waals surface area contributed by atoms with E-state index < -0.39 is 29.2 Å². The summed E-state index contributed by atoms with van der Waals surface area (Å²) >= 11 is 8.38. The van der Waals surface area contributed by atoms with Crippen molar-refractivity contribution in [1.29, 1.82) is 0 Å². The monoisotopic (exact) mass is 635 g/mol. The highest BCUT2D eigenvalue weighted by Gasteiger charge is 2.39. The number of thioether (sulfide) groups is 1. The molecule has 0 N–H and O–H groups in total. The van der Waals surface area contributed by atoms with Gasteiger partial charge in [0.2, 0.25) is 5.91 Å². The van der Waals surface area contributed by atoms with Crippen molar-refractivity contribution in [3.63, 3.8) is 0 Å². The van der Waals surface area contributed by atoms with Crippen molar-refractivity contribution < 1.29 is 22.4 Å². The molecule has 1 aromatic carbocycles. The maximum Gasteiger partial charge on any atom is 0.417 e. The summed E-state index contributed by atoms with van der Waals surface area (Å²) in [7, 11) is 0. The van der Waals surface area contributed by atoms with Gasteiger partial charge in [0, 0.05) is 76.7 Å². The van der Waals surface area contributed by atoms with E-state index in [0.29, 0.717) is 34.1 Å². The molecule has 0 unspecified atom stereocenters. The van der Waals surface area contributed by atoms with Gasteiger partial charge in [-0.05, 0) is 29.8 Å². The predicted molar refractivity (Wildman–Crippen MR) is 156 cm³/mol. The summed E-state index contributed by atoms with van der Waals surface area (Å²) in [5.74, 6) is -1.02. The maximum absolute atomic E-state index is 14.8. The van der Waals surface area contributed by atoms with Crippen molar-refractivity contribution in [2.75, 3.05) is 36.8 Å². The van der Waals surface area contributed by atoms with Gasteiger partial charge in [-0.25, -0.2) is 9.18 Å². The zero-order chi connectivity index (χ0) is 29.8. The molecule has 3 aromatic heterocycles. The van der Waals surface area contributed by atoms with Crippen LogP contribution in [0.1, 0.15) is 17.0 Å². The third kappa shape index (κ3) is 5.07. The van der Waals surface area contributed by atoms with E-state index in [2.05, 4.69) is 16.5 Å². The fraction of sp³-hybridized carbons (Fsp3) is 0.286. The van der Waals surface area contributed by atoms with Crippen LogP contribution in [0.4, 0.5) is 23.4 Å². The lowest BCUT2D eigenvalue weighted by molar-refractivity contribution is -0.137. The number of carbonyl (C=O) groups is 1. The molecule has 4 aromatic rings. The van der Waals surface area contributed by atoms with Crippen LogP contribution in [0.3, 0.4) is 0 Å². The van der Waals surface area contributed by atoms with Gasteiger partial charge in [0.1, 0.15) is 11.6 Å². The fourth-order valence-corrected chi connectivity index (χ4v) is 8.06. The Morgan fingerprint density at radius 3 is 2.60 bits per heavy atom. The lowest BCUT2D eigenvalue weighted by atomic mass is 9.99. The first-order valence-electron chi connectivity index (χ1n) is 12.9. The molecule has 0 bridgehead atoms. The number of pyridine rings is 1. The number of anilines is 1. The van der Waals surface area contributed by atoms with E-state index in [1.54, 1.807) is 15.2 Å². The topological polar surface area (TPSA) is 71.3 Å². The molecule has 42 heavy (non-hydrogen) atoms. The van der Waals surface area contributed by atoms with Crippen LogP contribution < -0.4 is 10.6 Å². The quantitative estimate of drug-likeness (QED) is 0.201. The Morgan fingerprint density at radius 2 is 1.95 bits per heavy atom. The molecule has 0 radical (unpaired) electrons. The molecule has 0 saturated carbocycles. The molecule has 1 atom stereocenters. The first-order chi connectivity index (χ1) is 20.1. The third-order valence-corrected chi connectivity index (χ3v) is 10.0. The smallest absolute Gasteiger partial charge is 0.352 e. The number of hydrogen-bond acceptors (Lipinski definition) is 7. The summed E-state index contributed by atoms with van der Waals surface area (Å²) < 4.78 is 60.5. The predicted octanol–water partition coefficient (Wildman–Crippen LogP) is 6.06. The molecule has 0 aliphatic carbocycles. The number of rotatable bonds is 4. The molecule has 1 fully saturated rings. The second-order valence-electron chi connectivity index (χ2n) is 9.90. The van der Waals surface area contributed by atoms with Gasteiger partial charge < -0.3 is 9.80 Å². The van der Waals surface area contributed by atoms with Gasteiger partial charge in [-0.1, -0.05) is 18.2 Å². The van der Waals surface area contributed by atoms with Crippen molar-refractivity contribution in [2.45, 2.75) is 23.5 Å². The molecule has 0 spiro atoms. The average molecular weight is 636 g/mol. The first kappa shape index (κ1) is 28.7. The van der Waals surface area contributed by atoms with E-state index in [9.17, 15) is 27.2 Å². The van der Waals surface area contributed by atoms with Crippen molar-refractivity contribution in [3.05, 3.63) is 81.1 Å². The Balaban J connectivity index is 1.60. The molecule has 218 valence electrons. The van der Waals surface area contributed by atoms with Gasteiger partial charge in [-0.15, -0.1) is 23.1 Å². The van der Waals surface area contributed by atoms with Crippen molar-refractivity contribution in [2.24, 2.45) is 0 Å². The van der Waals surface area contributed by atoms with Crippen LogP contribution in [-0.4, -0.2) is 57.3 Å². The van der Waals surface area contributed by atoms with E-state index in [-0.39, 0.29) is 53.0 Å². The minimum Gasteiger partial charge on any atom is -0.352 e. The van der Waals surface area contributed by atoms with Crippen molar-refractivity contribution in [1.82, 2.24) is 19.4 Å². The Morgan fingerprint density at radius 1 is 1.19 bits per heavy atom. The second kappa shape index (κ2) is 11.0. The van der Waals surface area contributed by atoms with Crippen molar-refractivity contribution in [3.8, 4) is 10.4 Å². The molecule has 1 amide bonds. The van der Waals surface area contributed by atoms with Crippen LogP contribution in [0.25, 0.3) is 21.3 Å². The highest BCUT2D eigenvalue weighted by atomic mass is 35.5. The van der Waals surface area contributed by atoms with Gasteiger partial charge >= 0.3 is 11.9 Å². The molecular formula is C28H22ClF4N5O2S2. The zero-order valence-corrected chi connectivity index (χ0v) is 24.2. The Hall–Kier alpha value is -3.42. The molecule has 1 saturated heterocycles. The number of nitrogens with zero attached hydrogens (tertiary/aromatic N) is 5. The number of hydrogen-bond donors (Lipinski definition) is 0. The van der Waals surface area contributed by atoms with E-state index in [1.807, 2.05) is 0 Å². The van der Waals surface area contributed by atoms with Gasteiger partial charge in [-0.2, -0.15) is 18.2 Å². The lowest BCUT2D eigenvalue weighted by Gasteiger charge is -2.35. The summed E-state index contributed by atoms with van der Waals surface area (Å²) in [6, 6.07) is 4.05. The minimum absolute atomic E-state index is 0.0150. The molecule has 2 aliphatic heterocycles. The minimum atomic E-state index is -4.74. The maximum atomic E-state index is 14.8. The summed E-state index contributed by atoms with van der Waals surface area (Å²) in [5.41, 5.74) is -0.976. The lowest BCUT2D eigenvalue weighted by Crippen LogP contribution is -2.49. The van der Waals surface area contributed by atoms with E-state index >= 15 is 0 Å². The highest BCUT2D eigenvalue weighted by molar-refractivity contribution is 7.99. The molecule has 7 nitrogen and oxygen atoms in total. The molecular weight excluding hydrogens is 614 g/mol. The normalized spacial score (nSPS) is 17.4. The number of benzene rings is 1. The molecule has 2 aliphatic rings. The van der Waals surface area contributed by atoms with Crippen LogP contribution in [-0.2, 0) is 17.5 Å². The number of carbonyl (C=O) groups excluding carboxylic acids is 1. The zero-order valence-electron chi connectivity index (χ0n) is 21.8.